The van der Waals surface area contributed by atoms with E-state index in [-0.39, 0.29) is 0 Å². The highest BCUT2D eigenvalue weighted by Gasteiger charge is 2.19. The SMILES string of the molecule is [2H]OC([2H])([2H])C1([2H])C([2H])([2H])C([2H])([2H])C([2H])(C([2H])([2H])O[2H])C([2H])([2H])C1([2H])[2H]. The van der Waals surface area contributed by atoms with Crippen molar-refractivity contribution in [3.63, 3.8) is 0 Å². The predicted molar refractivity (Wildman–Crippen MR) is 39.6 cm³/mol. The van der Waals surface area contributed by atoms with Crippen molar-refractivity contribution in [3.8, 4) is 0 Å². The first-order valence-electron chi connectivity index (χ1n) is 10.2. The fraction of sp³-hybridized carbons (Fsp3) is 1.00. The molecule has 0 aliphatic heterocycles. The molecular formula is C8H16O2. The van der Waals surface area contributed by atoms with Crippen LogP contribution in [0.15, 0.2) is 0 Å². The van der Waals surface area contributed by atoms with Gasteiger partial charge in [-0.25, -0.2) is 0 Å². The van der Waals surface area contributed by atoms with Crippen LogP contribution in [0.25, 0.3) is 0 Å². The van der Waals surface area contributed by atoms with Crippen molar-refractivity contribution in [1.29, 1.82) is 2.86 Å². The van der Waals surface area contributed by atoms with Crippen molar-refractivity contribution in [3.05, 3.63) is 0 Å². The zero-order valence-corrected chi connectivity index (χ0v) is 4.82. The number of aliphatic hydroxyl groups is 2. The molecule has 0 aromatic carbocycles. The van der Waals surface area contributed by atoms with E-state index in [1.807, 2.05) is 0 Å². The Hall–Kier alpha value is -0.0800. The maximum Gasteiger partial charge on any atom is 0.210 e. The molecule has 0 spiro atoms. The van der Waals surface area contributed by atoms with Gasteiger partial charge in [0.1, 0.15) is 0 Å². The highest BCUT2D eigenvalue weighted by atomic mass is 16.3. The van der Waals surface area contributed by atoms with E-state index in [9.17, 15) is 0 Å². The Balaban J connectivity index is 4.13. The van der Waals surface area contributed by atoms with Crippen molar-refractivity contribution in [1.82, 2.24) is 0 Å². The van der Waals surface area contributed by atoms with Crippen molar-refractivity contribution < 1.29 is 29.4 Å². The lowest BCUT2D eigenvalue weighted by atomic mass is 9.83. The van der Waals surface area contributed by atoms with E-state index < -0.39 is 50.4 Å². The first kappa shape index (κ1) is 1.17. The average molecular weight is 160 g/mol. The van der Waals surface area contributed by atoms with Gasteiger partial charge in [0.25, 0.3) is 0 Å². The molecule has 0 atom stereocenters. The molecule has 0 saturated heterocycles. The maximum absolute atomic E-state index is 8.03. The zero-order valence-electron chi connectivity index (χ0n) is 20.8. The molecule has 1 fully saturated rings. The van der Waals surface area contributed by atoms with Crippen LogP contribution in [0, 0.1) is 11.8 Å². The Morgan fingerprint density at radius 1 is 1.30 bits per heavy atom. The molecule has 1 saturated carbocycles. The molecule has 0 bridgehead atoms. The Kier molecular flexibility index (Phi) is 0.463. The van der Waals surface area contributed by atoms with E-state index in [1.54, 1.807) is 0 Å². The molecule has 2 nitrogen and oxygen atoms in total. The summed E-state index contributed by atoms with van der Waals surface area (Å²) in [5.74, 6) is -8.21. The third-order valence-corrected chi connectivity index (χ3v) is 0.829. The van der Waals surface area contributed by atoms with Gasteiger partial charge in [-0.1, -0.05) is 0 Å². The Morgan fingerprint density at radius 3 is 2.00 bits per heavy atom. The van der Waals surface area contributed by atoms with Crippen LogP contribution in [-0.2, 0) is 0 Å². The Bertz CT molecular complexity index is 491. The van der Waals surface area contributed by atoms with Crippen LogP contribution in [0.1, 0.15) is 44.7 Å². The summed E-state index contributed by atoms with van der Waals surface area (Å²) in [6.07, 6.45) is -16.5. The van der Waals surface area contributed by atoms with Crippen LogP contribution in [0.2, 0.25) is 0 Å². The van der Waals surface area contributed by atoms with Gasteiger partial charge < -0.3 is 10.2 Å². The van der Waals surface area contributed by atoms with Crippen molar-refractivity contribution in [2.75, 3.05) is 13.1 Å². The highest BCUT2D eigenvalue weighted by molar-refractivity contribution is 4.70. The number of rotatable bonds is 4. The average Bonchev–Trinajstić information content (AvgIpc) is 2.50. The fourth-order valence-electron chi connectivity index (χ4n) is 0.415. The summed E-state index contributed by atoms with van der Waals surface area (Å²) in [7, 11) is 0. The molecule has 0 aromatic heterocycles. The van der Waals surface area contributed by atoms with E-state index in [0.29, 0.717) is 0 Å². The number of hydrogen-bond donors (Lipinski definition) is 2. The molecule has 10 heavy (non-hydrogen) atoms. The van der Waals surface area contributed by atoms with E-state index in [2.05, 4.69) is 10.2 Å². The summed E-state index contributed by atoms with van der Waals surface area (Å²) in [4.78, 5) is 0. The van der Waals surface area contributed by atoms with Gasteiger partial charge in [-0.05, 0) is 37.3 Å². The van der Waals surface area contributed by atoms with Gasteiger partial charge in [-0.2, -0.15) is 0 Å². The molecule has 2 heteroatoms. The van der Waals surface area contributed by atoms with Gasteiger partial charge in [-0.3, -0.25) is 0 Å². The second-order valence-corrected chi connectivity index (χ2v) is 1.45. The van der Waals surface area contributed by atoms with Crippen LogP contribution < -0.4 is 0 Å². The van der Waals surface area contributed by atoms with Gasteiger partial charge >= 0.3 is 0 Å². The van der Waals surface area contributed by atoms with Crippen molar-refractivity contribution >= 4 is 0 Å². The minimum Gasteiger partial charge on any atom is -0.396 e. The van der Waals surface area contributed by atoms with Gasteiger partial charge in [0.05, 0.1) is 5.48 Å². The lowest BCUT2D eigenvalue weighted by Crippen LogP contribution is -2.19. The van der Waals surface area contributed by atoms with Gasteiger partial charge in [0, 0.05) is 26.8 Å². The van der Waals surface area contributed by atoms with Gasteiger partial charge in [0.15, 0.2) is 0 Å². The van der Waals surface area contributed by atoms with Crippen molar-refractivity contribution in [2.24, 2.45) is 11.8 Å². The van der Waals surface area contributed by atoms with Gasteiger partial charge in [0.2, 0.25) is 2.86 Å². The molecular weight excluding hydrogens is 128 g/mol. The second kappa shape index (κ2) is 3.94. The van der Waals surface area contributed by atoms with Crippen LogP contribution in [-0.4, -0.2) is 26.2 Å². The molecule has 1 aliphatic carbocycles. The standard InChI is InChI=1S/C8H16O2/c9-5-7-1-2-8(6-10)4-3-7/h7-10H,1-6H2/i1D2,2D2,3D2,4D2,5D2,6D2,7D,8D,9D,10D. The highest BCUT2D eigenvalue weighted by Crippen LogP contribution is 2.27. The summed E-state index contributed by atoms with van der Waals surface area (Å²) in [6.45, 7) is -7.84. The van der Waals surface area contributed by atoms with Crippen LogP contribution in [0.4, 0.5) is 0 Å². The van der Waals surface area contributed by atoms with E-state index >= 15 is 0 Å². The van der Waals surface area contributed by atoms with Crippen molar-refractivity contribution in [2.45, 2.75) is 25.5 Å². The van der Waals surface area contributed by atoms with Gasteiger partial charge in [-0.15, -0.1) is 0 Å². The number of hydrogen-bond acceptors (Lipinski definition) is 2. The minimum absolute atomic E-state index is 3.58. The third-order valence-electron chi connectivity index (χ3n) is 0.829. The maximum atomic E-state index is 8.03. The normalized spacial score (nSPS) is 95.2. The predicted octanol–water partition coefficient (Wildman–Crippen LogP) is 0.777. The molecule has 0 heterocycles. The minimum atomic E-state index is -4.13. The fourth-order valence-corrected chi connectivity index (χ4v) is 0.415. The molecule has 60 valence electrons. The summed E-state index contributed by atoms with van der Waals surface area (Å²) in [6, 6.07) is 0. The van der Waals surface area contributed by atoms with Crippen LogP contribution >= 0.6 is 0 Å². The smallest absolute Gasteiger partial charge is 0.210 e. The Labute approximate surface area is 84.5 Å². The van der Waals surface area contributed by atoms with E-state index in [1.165, 1.54) is 0 Å². The first-order valence-corrected chi connectivity index (χ1v) is 2.41. The Morgan fingerprint density at radius 2 is 1.70 bits per heavy atom. The first-order chi connectivity index (χ1) is 11.1. The van der Waals surface area contributed by atoms with E-state index in [0.717, 1.165) is 0 Å². The second-order valence-electron chi connectivity index (χ2n) is 1.45. The van der Waals surface area contributed by atoms with Crippen LogP contribution in [0.5, 0.6) is 0 Å². The summed E-state index contributed by atoms with van der Waals surface area (Å²) in [5.41, 5.74) is 0. The molecule has 1 rings (SSSR count). The summed E-state index contributed by atoms with van der Waals surface area (Å²) >= 11 is 0. The van der Waals surface area contributed by atoms with Crippen LogP contribution in [0.3, 0.4) is 0 Å². The molecule has 2 N–H and O–H groups in total. The summed E-state index contributed by atoms with van der Waals surface area (Å²) < 4.78 is 122. The molecule has 0 amide bonds. The quantitative estimate of drug-likeness (QED) is 0.638. The lowest BCUT2D eigenvalue weighted by molar-refractivity contribution is 0.131. The summed E-state index contributed by atoms with van der Waals surface area (Å²) in [5, 5.41) is 7.15. The molecule has 0 unspecified atom stereocenters. The largest absolute Gasteiger partial charge is 0.396 e. The molecule has 0 aromatic rings. The van der Waals surface area contributed by atoms with E-state index in [4.69, 9.17) is 22.1 Å². The molecule has 0 radical (unpaired) electrons. The molecule has 1 aliphatic rings. The third kappa shape index (κ3) is 1.96. The topological polar surface area (TPSA) is 40.5 Å². The lowest BCUT2D eigenvalue weighted by Gasteiger charge is -2.25. The monoisotopic (exact) mass is 160 g/mol. The zero-order chi connectivity index (χ0) is 21.4.